The molecule has 2 amide bonds. The topological polar surface area (TPSA) is 144 Å². The Morgan fingerprint density at radius 3 is 2.29 bits per heavy atom. The highest BCUT2D eigenvalue weighted by Crippen LogP contribution is 2.19. The third-order valence-corrected chi connectivity index (χ3v) is 5.83. The molecule has 2 heterocycles. The van der Waals surface area contributed by atoms with E-state index in [1.165, 1.54) is 4.90 Å². The Morgan fingerprint density at radius 2 is 1.71 bits per heavy atom. The number of hydrogen-bond acceptors (Lipinski definition) is 8. The third-order valence-electron chi connectivity index (χ3n) is 5.83. The molecule has 0 radical (unpaired) electrons. The number of nitrogens with one attached hydrogen (secondary N) is 1. The Balaban J connectivity index is 1.60. The van der Waals surface area contributed by atoms with Crippen LogP contribution in [0.3, 0.4) is 0 Å². The van der Waals surface area contributed by atoms with Gasteiger partial charge in [-0.05, 0) is 25.0 Å². The van der Waals surface area contributed by atoms with Gasteiger partial charge in [0.25, 0.3) is 0 Å². The number of benzene rings is 1. The molecule has 0 saturated carbocycles. The monoisotopic (exact) mass is 485 g/mol. The summed E-state index contributed by atoms with van der Waals surface area (Å²) in [5.41, 5.74) is 0.727. The maximum absolute atomic E-state index is 12.8. The van der Waals surface area contributed by atoms with Gasteiger partial charge in [-0.2, -0.15) is 0 Å². The largest absolute Gasteiger partial charge is 0.465 e. The van der Waals surface area contributed by atoms with Crippen LogP contribution in [-0.2, 0) is 20.9 Å². The predicted octanol–water partition coefficient (Wildman–Crippen LogP) is 0.943. The van der Waals surface area contributed by atoms with Crippen LogP contribution in [0.25, 0.3) is 0 Å². The Bertz CT molecular complexity index is 1190. The number of pyridine rings is 1. The predicted molar refractivity (Wildman–Crippen MR) is 126 cm³/mol. The summed E-state index contributed by atoms with van der Waals surface area (Å²) in [6, 6.07) is 6.60. The summed E-state index contributed by atoms with van der Waals surface area (Å²) in [6.07, 6.45) is 1.08. The standard InChI is InChI=1S/C23H27N5O7/c1-15-5-4-6-16(2)21(15)24-19(29)13-25-7-9-26(10-8-25)20(30)14-27-12-17(23(32)35-3)11-18(22(27)31)28(33)34/h4-6,11-12H,7-10,13-14H2,1-3H3,(H,24,29). The molecule has 0 spiro atoms. The number of ether oxygens (including phenoxy) is 1. The number of para-hydroxylation sites is 1. The summed E-state index contributed by atoms with van der Waals surface area (Å²) < 4.78 is 5.41. The first kappa shape index (κ1) is 25.6. The minimum Gasteiger partial charge on any atom is -0.465 e. The highest BCUT2D eigenvalue weighted by Gasteiger charge is 2.25. The van der Waals surface area contributed by atoms with Gasteiger partial charge in [0.15, 0.2) is 0 Å². The van der Waals surface area contributed by atoms with E-state index in [1.807, 2.05) is 36.9 Å². The van der Waals surface area contributed by atoms with E-state index in [0.717, 1.165) is 40.8 Å². The lowest BCUT2D eigenvalue weighted by atomic mass is 10.1. The smallest absolute Gasteiger partial charge is 0.339 e. The third kappa shape index (κ3) is 6.09. The first-order chi connectivity index (χ1) is 16.6. The maximum atomic E-state index is 12.8. The first-order valence-corrected chi connectivity index (χ1v) is 10.9. The quantitative estimate of drug-likeness (QED) is 0.347. The van der Waals surface area contributed by atoms with Crippen molar-refractivity contribution >= 4 is 29.2 Å². The molecule has 0 bridgehead atoms. The molecule has 35 heavy (non-hydrogen) atoms. The summed E-state index contributed by atoms with van der Waals surface area (Å²) in [6.45, 7) is 5.10. The number of anilines is 1. The second kappa shape index (κ2) is 10.9. The molecule has 12 nitrogen and oxygen atoms in total. The molecule has 186 valence electrons. The number of nitro groups is 1. The Kier molecular flexibility index (Phi) is 7.97. The lowest BCUT2D eigenvalue weighted by Gasteiger charge is -2.34. The van der Waals surface area contributed by atoms with Gasteiger partial charge in [-0.1, -0.05) is 18.2 Å². The number of piperazine rings is 1. The number of carbonyl (C=O) groups excluding carboxylic acids is 3. The fourth-order valence-corrected chi connectivity index (χ4v) is 3.89. The zero-order valence-electron chi connectivity index (χ0n) is 19.8. The average molecular weight is 485 g/mol. The van der Waals surface area contributed by atoms with E-state index in [4.69, 9.17) is 0 Å². The van der Waals surface area contributed by atoms with Crippen LogP contribution in [0.15, 0.2) is 35.3 Å². The minimum absolute atomic E-state index is 0.152. The van der Waals surface area contributed by atoms with E-state index >= 15 is 0 Å². The van der Waals surface area contributed by atoms with E-state index in [1.54, 1.807) is 0 Å². The van der Waals surface area contributed by atoms with Gasteiger partial charge in [0.2, 0.25) is 11.8 Å². The Hall–Kier alpha value is -4.06. The molecule has 1 saturated heterocycles. The van der Waals surface area contributed by atoms with E-state index in [9.17, 15) is 29.3 Å². The molecular formula is C23H27N5O7. The number of rotatable bonds is 7. The highest BCUT2D eigenvalue weighted by atomic mass is 16.6. The van der Waals surface area contributed by atoms with Crippen LogP contribution >= 0.6 is 0 Å². The number of aryl methyl sites for hydroxylation is 2. The molecule has 1 aromatic carbocycles. The summed E-state index contributed by atoms with van der Waals surface area (Å²) in [5, 5.41) is 14.1. The number of aromatic nitrogens is 1. The lowest BCUT2D eigenvalue weighted by molar-refractivity contribution is -0.386. The van der Waals surface area contributed by atoms with Crippen LogP contribution in [-0.4, -0.2) is 76.9 Å². The lowest BCUT2D eigenvalue weighted by Crippen LogP contribution is -2.51. The highest BCUT2D eigenvalue weighted by molar-refractivity contribution is 5.93. The SMILES string of the molecule is COC(=O)c1cc([N+](=O)[O-])c(=O)n(CC(=O)N2CCN(CC(=O)Nc3c(C)cccc3C)CC2)c1. The van der Waals surface area contributed by atoms with Crippen LogP contribution in [0, 0.1) is 24.0 Å². The molecule has 2 aromatic rings. The molecule has 3 rings (SSSR count). The van der Waals surface area contributed by atoms with Crippen LogP contribution in [0.5, 0.6) is 0 Å². The van der Waals surface area contributed by atoms with E-state index in [0.29, 0.717) is 26.2 Å². The Morgan fingerprint density at radius 1 is 1.09 bits per heavy atom. The fraction of sp³-hybridized carbons (Fsp3) is 0.391. The molecular weight excluding hydrogens is 458 g/mol. The second-order valence-corrected chi connectivity index (χ2v) is 8.27. The number of hydrogen-bond donors (Lipinski definition) is 1. The molecule has 12 heteroatoms. The van der Waals surface area contributed by atoms with Crippen molar-refractivity contribution < 1.29 is 24.0 Å². The van der Waals surface area contributed by atoms with E-state index < -0.39 is 34.6 Å². The van der Waals surface area contributed by atoms with Crippen LogP contribution in [0.4, 0.5) is 11.4 Å². The number of nitrogens with zero attached hydrogens (tertiary/aromatic N) is 4. The van der Waals surface area contributed by atoms with Crippen molar-refractivity contribution in [2.24, 2.45) is 0 Å². The second-order valence-electron chi connectivity index (χ2n) is 8.27. The van der Waals surface area contributed by atoms with Crippen LogP contribution < -0.4 is 10.9 Å². The molecule has 0 atom stereocenters. The van der Waals surface area contributed by atoms with Gasteiger partial charge in [0, 0.05) is 44.1 Å². The Labute approximate surface area is 201 Å². The van der Waals surface area contributed by atoms with Crippen molar-refractivity contribution in [3.8, 4) is 0 Å². The number of carbonyl (C=O) groups is 3. The maximum Gasteiger partial charge on any atom is 0.339 e. The fourth-order valence-electron chi connectivity index (χ4n) is 3.89. The summed E-state index contributed by atoms with van der Waals surface area (Å²) in [5.74, 6) is -1.44. The van der Waals surface area contributed by atoms with Crippen molar-refractivity contribution in [1.82, 2.24) is 14.4 Å². The van der Waals surface area contributed by atoms with Crippen molar-refractivity contribution in [2.45, 2.75) is 20.4 Å². The summed E-state index contributed by atoms with van der Waals surface area (Å²) in [7, 11) is 1.11. The minimum atomic E-state index is -0.988. The van der Waals surface area contributed by atoms with Gasteiger partial charge in [0.1, 0.15) is 6.54 Å². The van der Waals surface area contributed by atoms with Crippen molar-refractivity contribution in [1.29, 1.82) is 0 Å². The van der Waals surface area contributed by atoms with Gasteiger partial charge in [0.05, 0.1) is 24.1 Å². The normalized spacial score (nSPS) is 13.9. The van der Waals surface area contributed by atoms with E-state index in [-0.39, 0.29) is 18.0 Å². The molecule has 0 unspecified atom stereocenters. The van der Waals surface area contributed by atoms with E-state index in [2.05, 4.69) is 10.1 Å². The molecule has 1 fully saturated rings. The molecule has 1 aliphatic rings. The van der Waals surface area contributed by atoms with Gasteiger partial charge in [-0.3, -0.25) is 34.0 Å². The number of esters is 1. The molecule has 1 aromatic heterocycles. The summed E-state index contributed by atoms with van der Waals surface area (Å²) >= 11 is 0. The van der Waals surface area contributed by atoms with Crippen molar-refractivity contribution in [3.63, 3.8) is 0 Å². The summed E-state index contributed by atoms with van der Waals surface area (Å²) in [4.78, 5) is 63.3. The van der Waals surface area contributed by atoms with Gasteiger partial charge in [-0.15, -0.1) is 0 Å². The van der Waals surface area contributed by atoms with Gasteiger partial charge in [-0.25, -0.2) is 4.79 Å². The van der Waals surface area contributed by atoms with Crippen LogP contribution in [0.1, 0.15) is 21.5 Å². The molecule has 0 aliphatic carbocycles. The first-order valence-electron chi connectivity index (χ1n) is 10.9. The number of methoxy groups -OCH3 is 1. The zero-order chi connectivity index (χ0) is 25.7. The van der Waals surface area contributed by atoms with Gasteiger partial charge >= 0.3 is 17.2 Å². The van der Waals surface area contributed by atoms with Crippen molar-refractivity contribution in [3.05, 3.63) is 67.6 Å². The molecule has 1 aliphatic heterocycles. The van der Waals surface area contributed by atoms with Gasteiger partial charge < -0.3 is 15.0 Å². The van der Waals surface area contributed by atoms with Crippen LogP contribution in [0.2, 0.25) is 0 Å². The molecule has 1 N–H and O–H groups in total. The van der Waals surface area contributed by atoms with Crippen molar-refractivity contribution in [2.75, 3.05) is 45.2 Å². The number of amides is 2. The zero-order valence-corrected chi connectivity index (χ0v) is 19.8. The average Bonchev–Trinajstić information content (AvgIpc) is 2.82.